The Morgan fingerprint density at radius 2 is 1.94 bits per heavy atom. The first kappa shape index (κ1) is 21.2. The average molecular weight is 448 g/mol. The van der Waals surface area contributed by atoms with Crippen molar-refractivity contribution in [2.45, 2.75) is 20.0 Å². The van der Waals surface area contributed by atoms with Gasteiger partial charge in [-0.3, -0.25) is 4.79 Å². The standard InChI is InChI=1S/C23H17FN4O3S/c1-13-18-11-20(32-22(18)28(27-13)17-9-7-16(24)8-10-17)23(30)31-14(2)21(29)26-19-6-4-3-5-15(19)12-25/h3-11,14H,1-2H3,(H,26,29). The van der Waals surface area contributed by atoms with Gasteiger partial charge in [0, 0.05) is 5.39 Å². The predicted molar refractivity (Wildman–Crippen MR) is 118 cm³/mol. The molecule has 4 aromatic rings. The fraction of sp³-hybridized carbons (Fsp3) is 0.130. The van der Waals surface area contributed by atoms with Crippen LogP contribution in [-0.4, -0.2) is 27.8 Å². The molecule has 4 rings (SSSR count). The van der Waals surface area contributed by atoms with Crippen molar-refractivity contribution in [2.24, 2.45) is 0 Å². The number of nitrogens with zero attached hydrogens (tertiary/aromatic N) is 3. The predicted octanol–water partition coefficient (Wildman–Crippen LogP) is 4.59. The van der Waals surface area contributed by atoms with E-state index in [0.717, 1.165) is 5.39 Å². The van der Waals surface area contributed by atoms with Crippen molar-refractivity contribution in [3.8, 4) is 11.8 Å². The number of hydrogen-bond donors (Lipinski definition) is 1. The third kappa shape index (κ3) is 4.08. The van der Waals surface area contributed by atoms with Gasteiger partial charge in [0.05, 0.1) is 22.6 Å². The molecule has 0 saturated heterocycles. The molecule has 7 nitrogen and oxygen atoms in total. The number of esters is 1. The summed E-state index contributed by atoms with van der Waals surface area (Å²) in [4.78, 5) is 26.2. The largest absolute Gasteiger partial charge is 0.448 e. The van der Waals surface area contributed by atoms with Gasteiger partial charge in [-0.1, -0.05) is 12.1 Å². The molecule has 0 spiro atoms. The third-order valence-electron chi connectivity index (χ3n) is 4.78. The van der Waals surface area contributed by atoms with Gasteiger partial charge in [-0.25, -0.2) is 13.9 Å². The Morgan fingerprint density at radius 1 is 1.22 bits per heavy atom. The van der Waals surface area contributed by atoms with Gasteiger partial charge < -0.3 is 10.1 Å². The van der Waals surface area contributed by atoms with Crippen LogP contribution in [0.4, 0.5) is 10.1 Å². The smallest absolute Gasteiger partial charge is 0.349 e. The highest BCUT2D eigenvalue weighted by atomic mass is 32.1. The molecule has 1 atom stereocenters. The summed E-state index contributed by atoms with van der Waals surface area (Å²) >= 11 is 1.17. The molecule has 2 aromatic heterocycles. The molecule has 0 aliphatic carbocycles. The summed E-state index contributed by atoms with van der Waals surface area (Å²) in [5.74, 6) is -1.54. The van der Waals surface area contributed by atoms with E-state index >= 15 is 0 Å². The van der Waals surface area contributed by atoms with E-state index in [4.69, 9.17) is 10.00 Å². The van der Waals surface area contributed by atoms with Gasteiger partial charge in [0.15, 0.2) is 6.10 Å². The molecule has 0 saturated carbocycles. The second-order valence-electron chi connectivity index (χ2n) is 7.00. The van der Waals surface area contributed by atoms with Gasteiger partial charge in [0.2, 0.25) is 0 Å². The van der Waals surface area contributed by atoms with E-state index < -0.39 is 18.0 Å². The second-order valence-corrected chi connectivity index (χ2v) is 8.03. The van der Waals surface area contributed by atoms with Crippen LogP contribution in [0.2, 0.25) is 0 Å². The molecule has 1 unspecified atom stereocenters. The summed E-state index contributed by atoms with van der Waals surface area (Å²) in [5, 5.41) is 17.0. The van der Waals surface area contributed by atoms with E-state index in [-0.39, 0.29) is 5.82 Å². The molecule has 0 bridgehead atoms. The Bertz CT molecular complexity index is 1370. The van der Waals surface area contributed by atoms with Crippen molar-refractivity contribution >= 4 is 39.1 Å². The van der Waals surface area contributed by atoms with Crippen molar-refractivity contribution in [2.75, 3.05) is 5.32 Å². The second kappa shape index (κ2) is 8.61. The number of amides is 1. The molecule has 0 aliphatic heterocycles. The van der Waals surface area contributed by atoms with E-state index in [1.54, 1.807) is 47.1 Å². The number of nitrogens with one attached hydrogen (secondary N) is 1. The van der Waals surface area contributed by atoms with Gasteiger partial charge in [-0.15, -0.1) is 11.3 Å². The van der Waals surface area contributed by atoms with E-state index in [2.05, 4.69) is 10.4 Å². The van der Waals surface area contributed by atoms with Crippen molar-refractivity contribution < 1.29 is 18.7 Å². The van der Waals surface area contributed by atoms with Gasteiger partial charge in [-0.2, -0.15) is 10.4 Å². The van der Waals surface area contributed by atoms with Crippen LogP contribution in [0.15, 0.2) is 54.6 Å². The topological polar surface area (TPSA) is 97.0 Å². The lowest BCUT2D eigenvalue weighted by Gasteiger charge is -2.13. The lowest BCUT2D eigenvalue weighted by molar-refractivity contribution is -0.123. The highest BCUT2D eigenvalue weighted by molar-refractivity contribution is 7.20. The lowest BCUT2D eigenvalue weighted by atomic mass is 10.2. The normalized spacial score (nSPS) is 11.7. The maximum Gasteiger partial charge on any atom is 0.349 e. The lowest BCUT2D eigenvalue weighted by Crippen LogP contribution is -2.30. The number of anilines is 1. The molecule has 2 heterocycles. The fourth-order valence-electron chi connectivity index (χ4n) is 3.10. The zero-order valence-corrected chi connectivity index (χ0v) is 17.9. The molecule has 0 radical (unpaired) electrons. The molecular formula is C23H17FN4O3S. The Balaban J connectivity index is 1.52. The third-order valence-corrected chi connectivity index (χ3v) is 5.87. The SMILES string of the molecule is Cc1nn(-c2ccc(F)cc2)c2sc(C(=O)OC(C)C(=O)Nc3ccccc3C#N)cc12. The number of aryl methyl sites for hydroxylation is 1. The van der Waals surface area contributed by atoms with Gasteiger partial charge in [0.1, 0.15) is 21.6 Å². The minimum Gasteiger partial charge on any atom is -0.448 e. The number of halogens is 1. The molecule has 9 heteroatoms. The molecule has 2 aromatic carbocycles. The Kier molecular flexibility index (Phi) is 5.71. The molecule has 0 aliphatic rings. The van der Waals surface area contributed by atoms with Crippen LogP contribution in [0.25, 0.3) is 15.9 Å². The first-order chi connectivity index (χ1) is 15.4. The van der Waals surface area contributed by atoms with Crippen LogP contribution in [0, 0.1) is 24.1 Å². The van der Waals surface area contributed by atoms with Crippen molar-refractivity contribution in [1.82, 2.24) is 9.78 Å². The maximum atomic E-state index is 13.3. The van der Waals surface area contributed by atoms with Crippen molar-refractivity contribution in [3.05, 3.63) is 76.5 Å². The van der Waals surface area contributed by atoms with Crippen LogP contribution in [0.5, 0.6) is 0 Å². The quantitative estimate of drug-likeness (QED) is 0.451. The summed E-state index contributed by atoms with van der Waals surface area (Å²) in [6.45, 7) is 3.27. The summed E-state index contributed by atoms with van der Waals surface area (Å²) in [6.07, 6.45) is -1.07. The highest BCUT2D eigenvalue weighted by Crippen LogP contribution is 2.31. The molecule has 160 valence electrons. The number of para-hydroxylation sites is 1. The number of nitriles is 1. The maximum absolute atomic E-state index is 13.3. The van der Waals surface area contributed by atoms with Crippen LogP contribution in [0.1, 0.15) is 27.9 Å². The molecule has 1 N–H and O–H groups in total. The number of benzene rings is 2. The van der Waals surface area contributed by atoms with Crippen molar-refractivity contribution in [1.29, 1.82) is 5.26 Å². The zero-order chi connectivity index (χ0) is 22.8. The first-order valence-corrected chi connectivity index (χ1v) is 10.4. The Labute approximate surface area is 186 Å². The van der Waals surface area contributed by atoms with E-state index in [0.29, 0.717) is 32.3 Å². The van der Waals surface area contributed by atoms with E-state index in [1.807, 2.05) is 13.0 Å². The first-order valence-electron chi connectivity index (χ1n) is 9.63. The van der Waals surface area contributed by atoms with Crippen LogP contribution >= 0.6 is 11.3 Å². The summed E-state index contributed by atoms with van der Waals surface area (Å²) < 4.78 is 20.2. The average Bonchev–Trinajstić information content (AvgIpc) is 3.35. The number of carbonyl (C=O) groups excluding carboxylic acids is 2. The number of fused-ring (bicyclic) bond motifs is 1. The van der Waals surface area contributed by atoms with Gasteiger partial charge in [0.25, 0.3) is 5.91 Å². The van der Waals surface area contributed by atoms with Crippen LogP contribution < -0.4 is 5.32 Å². The van der Waals surface area contributed by atoms with Gasteiger partial charge in [-0.05, 0) is 56.3 Å². The molecule has 0 fully saturated rings. The fourth-order valence-corrected chi connectivity index (χ4v) is 4.17. The van der Waals surface area contributed by atoms with E-state index in [9.17, 15) is 14.0 Å². The minimum atomic E-state index is -1.07. The molecule has 32 heavy (non-hydrogen) atoms. The number of hydrogen-bond acceptors (Lipinski definition) is 6. The Morgan fingerprint density at radius 3 is 2.66 bits per heavy atom. The zero-order valence-electron chi connectivity index (χ0n) is 17.1. The van der Waals surface area contributed by atoms with E-state index in [1.165, 1.54) is 30.4 Å². The van der Waals surface area contributed by atoms with Crippen molar-refractivity contribution in [3.63, 3.8) is 0 Å². The number of rotatable bonds is 5. The highest BCUT2D eigenvalue weighted by Gasteiger charge is 2.23. The Hall–Kier alpha value is -4.03. The summed E-state index contributed by atoms with van der Waals surface area (Å²) in [6, 6.07) is 16.1. The number of carbonyl (C=O) groups is 2. The molecular weight excluding hydrogens is 431 g/mol. The summed E-state index contributed by atoms with van der Waals surface area (Å²) in [7, 11) is 0. The van der Waals surface area contributed by atoms with Crippen LogP contribution in [-0.2, 0) is 9.53 Å². The monoisotopic (exact) mass is 448 g/mol. The number of aromatic nitrogens is 2. The summed E-state index contributed by atoms with van der Waals surface area (Å²) in [5.41, 5.74) is 2.03. The minimum absolute atomic E-state index is 0.310. The van der Waals surface area contributed by atoms with Gasteiger partial charge >= 0.3 is 5.97 Å². The number of thiophene rings is 1. The number of ether oxygens (including phenoxy) is 1. The molecule has 1 amide bonds. The van der Waals surface area contributed by atoms with Crippen LogP contribution in [0.3, 0.4) is 0 Å².